The van der Waals surface area contributed by atoms with Gasteiger partial charge in [0.1, 0.15) is 11.5 Å². The van der Waals surface area contributed by atoms with Gasteiger partial charge in [-0.1, -0.05) is 50.9 Å². The molecule has 0 aromatic carbocycles. The maximum atomic E-state index is 6.08. The minimum atomic E-state index is 0.275. The number of hydrogen-bond acceptors (Lipinski definition) is 1. The van der Waals surface area contributed by atoms with Gasteiger partial charge in [-0.05, 0) is 25.7 Å². The van der Waals surface area contributed by atoms with Crippen LogP contribution in [-0.4, -0.2) is 0 Å². The average molecular weight is 251 g/mol. The Morgan fingerprint density at radius 3 is 1.27 bits per heavy atom. The van der Waals surface area contributed by atoms with E-state index in [-0.39, 0.29) is 11.8 Å². The monoisotopic (exact) mass is 250 g/mol. The van der Waals surface area contributed by atoms with E-state index in [1.165, 1.54) is 0 Å². The first kappa shape index (κ1) is 14.9. The largest absolute Gasteiger partial charge is 0.464 e. The molecule has 0 aromatic heterocycles. The summed E-state index contributed by atoms with van der Waals surface area (Å²) in [6.07, 6.45) is 0. The van der Waals surface area contributed by atoms with Crippen molar-refractivity contribution >= 4 is 23.2 Å². The minimum Gasteiger partial charge on any atom is -0.464 e. The number of ether oxygens (including phenoxy) is 1. The molecule has 1 nitrogen and oxygen atoms in total. The summed E-state index contributed by atoms with van der Waals surface area (Å²) in [5, 5.41) is 1.48. The molecule has 0 unspecified atom stereocenters. The van der Waals surface area contributed by atoms with Gasteiger partial charge in [0.2, 0.25) is 0 Å². The van der Waals surface area contributed by atoms with E-state index in [9.17, 15) is 0 Å². The van der Waals surface area contributed by atoms with Crippen LogP contribution >= 0.6 is 23.2 Å². The summed E-state index contributed by atoms with van der Waals surface area (Å²) in [5.41, 5.74) is 0. The second kappa shape index (κ2) is 6.44. The second-order valence-electron chi connectivity index (χ2n) is 4.22. The highest BCUT2D eigenvalue weighted by molar-refractivity contribution is 6.30. The van der Waals surface area contributed by atoms with E-state index in [2.05, 4.69) is 0 Å². The molecule has 0 rings (SSSR count). The van der Waals surface area contributed by atoms with Crippen molar-refractivity contribution in [2.24, 2.45) is 11.8 Å². The van der Waals surface area contributed by atoms with Crippen LogP contribution in [0, 0.1) is 11.8 Å². The third kappa shape index (κ3) is 4.94. The van der Waals surface area contributed by atoms with E-state index in [1.54, 1.807) is 0 Å². The van der Waals surface area contributed by atoms with Gasteiger partial charge in [-0.3, -0.25) is 0 Å². The highest BCUT2D eigenvalue weighted by Gasteiger charge is 2.10. The first-order valence-corrected chi connectivity index (χ1v) is 5.93. The van der Waals surface area contributed by atoms with Crippen molar-refractivity contribution < 1.29 is 4.74 Å². The molecular formula is C12H20Cl2O. The van der Waals surface area contributed by atoms with E-state index in [4.69, 9.17) is 27.9 Å². The van der Waals surface area contributed by atoms with E-state index in [0.29, 0.717) is 0 Å². The van der Waals surface area contributed by atoms with E-state index < -0.39 is 0 Å². The van der Waals surface area contributed by atoms with Crippen molar-refractivity contribution in [3.8, 4) is 0 Å². The first-order chi connectivity index (χ1) is 6.77. The van der Waals surface area contributed by atoms with E-state index in [0.717, 1.165) is 21.6 Å². The number of halogens is 2. The zero-order valence-corrected chi connectivity index (χ0v) is 11.8. The number of rotatable bonds is 4. The molecule has 15 heavy (non-hydrogen) atoms. The Bertz CT molecular complexity index is 247. The van der Waals surface area contributed by atoms with Crippen molar-refractivity contribution in [1.29, 1.82) is 0 Å². The van der Waals surface area contributed by atoms with Crippen molar-refractivity contribution in [3.63, 3.8) is 0 Å². The summed E-state index contributed by atoms with van der Waals surface area (Å²) < 4.78 is 5.59. The highest BCUT2D eigenvalue weighted by Crippen LogP contribution is 2.25. The van der Waals surface area contributed by atoms with Crippen LogP contribution in [0.1, 0.15) is 41.5 Å². The van der Waals surface area contributed by atoms with Gasteiger partial charge in [0.25, 0.3) is 0 Å². The van der Waals surface area contributed by atoms with Gasteiger partial charge in [0.15, 0.2) is 0 Å². The average Bonchev–Trinajstić information content (AvgIpc) is 2.14. The molecule has 0 aromatic rings. The van der Waals surface area contributed by atoms with Crippen LogP contribution in [0.5, 0.6) is 0 Å². The normalized spacial score (nSPS) is 15.3. The van der Waals surface area contributed by atoms with Crippen LogP contribution < -0.4 is 0 Å². The predicted octanol–water partition coefficient (Wildman–Crippen LogP) is 5.26. The number of hydrogen-bond donors (Lipinski definition) is 0. The Hall–Kier alpha value is -0.140. The lowest BCUT2D eigenvalue weighted by atomic mass is 10.2. The molecule has 0 amide bonds. The Kier molecular flexibility index (Phi) is 6.38. The quantitative estimate of drug-likeness (QED) is 0.619. The SMILES string of the molecule is CC(OC(C)=C(Cl)C(C)C)=C(Cl)C(C)C. The zero-order valence-electron chi connectivity index (χ0n) is 10.3. The van der Waals surface area contributed by atoms with Gasteiger partial charge >= 0.3 is 0 Å². The Morgan fingerprint density at radius 2 is 1.07 bits per heavy atom. The summed E-state index contributed by atoms with van der Waals surface area (Å²) in [6.45, 7) is 11.8. The van der Waals surface area contributed by atoms with Crippen LogP contribution in [0.2, 0.25) is 0 Å². The van der Waals surface area contributed by atoms with E-state index in [1.807, 2.05) is 41.5 Å². The standard InChI is InChI=1S/C12H20Cl2O/c1-7(2)11(13)9(5)15-10(6)12(14)8(3)4/h7-8H,1-6H3. The summed E-state index contributed by atoms with van der Waals surface area (Å²) in [4.78, 5) is 0. The Morgan fingerprint density at radius 1 is 0.800 bits per heavy atom. The van der Waals surface area contributed by atoms with Crippen LogP contribution in [-0.2, 0) is 4.74 Å². The molecule has 0 aliphatic carbocycles. The lowest BCUT2D eigenvalue weighted by Crippen LogP contribution is -1.98. The molecule has 0 aliphatic heterocycles. The molecule has 0 bridgehead atoms. The lowest BCUT2D eigenvalue weighted by Gasteiger charge is -2.14. The molecule has 0 fully saturated rings. The Balaban J connectivity index is 4.76. The lowest BCUT2D eigenvalue weighted by molar-refractivity contribution is 0.298. The van der Waals surface area contributed by atoms with Crippen molar-refractivity contribution in [1.82, 2.24) is 0 Å². The predicted molar refractivity (Wildman–Crippen MR) is 67.9 cm³/mol. The van der Waals surface area contributed by atoms with Crippen molar-refractivity contribution in [3.05, 3.63) is 21.6 Å². The molecule has 0 heterocycles. The maximum Gasteiger partial charge on any atom is 0.115 e. The third-order valence-electron chi connectivity index (χ3n) is 1.99. The van der Waals surface area contributed by atoms with Crippen LogP contribution in [0.4, 0.5) is 0 Å². The molecule has 88 valence electrons. The molecule has 0 radical (unpaired) electrons. The summed E-state index contributed by atoms with van der Waals surface area (Å²) >= 11 is 12.2. The van der Waals surface area contributed by atoms with Crippen LogP contribution in [0.25, 0.3) is 0 Å². The molecular weight excluding hydrogens is 231 g/mol. The Labute approximate surface area is 103 Å². The van der Waals surface area contributed by atoms with E-state index >= 15 is 0 Å². The molecule has 0 N–H and O–H groups in total. The fourth-order valence-electron chi connectivity index (χ4n) is 1.14. The zero-order chi connectivity index (χ0) is 12.2. The first-order valence-electron chi connectivity index (χ1n) is 5.17. The maximum absolute atomic E-state index is 6.08. The smallest absolute Gasteiger partial charge is 0.115 e. The van der Waals surface area contributed by atoms with Gasteiger partial charge in [-0.2, -0.15) is 0 Å². The summed E-state index contributed by atoms with van der Waals surface area (Å²) in [5.74, 6) is 2.00. The fourth-order valence-corrected chi connectivity index (χ4v) is 1.22. The van der Waals surface area contributed by atoms with Gasteiger partial charge in [-0.15, -0.1) is 0 Å². The third-order valence-corrected chi connectivity index (χ3v) is 3.40. The van der Waals surface area contributed by atoms with Gasteiger partial charge in [0, 0.05) is 0 Å². The summed E-state index contributed by atoms with van der Waals surface area (Å²) in [6, 6.07) is 0. The molecule has 0 aliphatic rings. The molecule has 0 saturated carbocycles. The van der Waals surface area contributed by atoms with Gasteiger partial charge in [-0.25, -0.2) is 0 Å². The number of allylic oxidation sites excluding steroid dienone is 4. The second-order valence-corrected chi connectivity index (χ2v) is 5.03. The van der Waals surface area contributed by atoms with Crippen LogP contribution in [0.15, 0.2) is 21.6 Å². The molecule has 3 heteroatoms. The molecule has 0 atom stereocenters. The summed E-state index contributed by atoms with van der Waals surface area (Å²) in [7, 11) is 0. The van der Waals surface area contributed by atoms with Crippen molar-refractivity contribution in [2.75, 3.05) is 0 Å². The highest BCUT2D eigenvalue weighted by atomic mass is 35.5. The minimum absolute atomic E-state index is 0.275. The van der Waals surface area contributed by atoms with Crippen LogP contribution in [0.3, 0.4) is 0 Å². The van der Waals surface area contributed by atoms with Gasteiger partial charge in [0.05, 0.1) is 10.1 Å². The van der Waals surface area contributed by atoms with Crippen molar-refractivity contribution in [2.45, 2.75) is 41.5 Å². The van der Waals surface area contributed by atoms with Gasteiger partial charge < -0.3 is 4.74 Å². The molecule has 0 saturated heterocycles. The topological polar surface area (TPSA) is 9.23 Å². The molecule has 0 spiro atoms. The fraction of sp³-hybridized carbons (Fsp3) is 0.667.